The Morgan fingerprint density at radius 2 is 1.82 bits per heavy atom. The van der Waals surface area contributed by atoms with Crippen LogP contribution in [0.25, 0.3) is 0 Å². The fourth-order valence-electron chi connectivity index (χ4n) is 0.769. The molecule has 0 aromatic heterocycles. The van der Waals surface area contributed by atoms with Gasteiger partial charge in [-0.15, -0.1) is 0 Å². The summed E-state index contributed by atoms with van der Waals surface area (Å²) in [4.78, 5) is 36.0. The Hall–Kier alpha value is -2.12. The molecule has 3 unspecified atom stereocenters. The van der Waals surface area contributed by atoms with Crippen LogP contribution in [0.3, 0.4) is 0 Å². The first-order valence-electron chi connectivity index (χ1n) is 6.60. The maximum absolute atomic E-state index is 10.0. The molecule has 0 aliphatic carbocycles. The SMILES string of the molecule is CC1CO1.CC1COC(=O)O1.CCC(C)OC(=O)O.O=C=O. The van der Waals surface area contributed by atoms with E-state index in [0.717, 1.165) is 13.0 Å². The minimum Gasteiger partial charge on any atom is -0.450 e. The number of ether oxygens (including phenoxy) is 4. The molecule has 0 spiro atoms. The Bertz CT molecular complexity index is 345. The third-order valence-electron chi connectivity index (χ3n) is 2.11. The lowest BCUT2D eigenvalue weighted by Crippen LogP contribution is -2.10. The zero-order valence-electron chi connectivity index (χ0n) is 13.1. The van der Waals surface area contributed by atoms with Gasteiger partial charge in [0.15, 0.2) is 0 Å². The Morgan fingerprint density at radius 1 is 1.36 bits per heavy atom. The van der Waals surface area contributed by atoms with Gasteiger partial charge in [-0.1, -0.05) is 6.92 Å². The van der Waals surface area contributed by atoms with Crippen molar-refractivity contribution in [3.05, 3.63) is 0 Å². The summed E-state index contributed by atoms with van der Waals surface area (Å²) in [6, 6.07) is 0. The summed E-state index contributed by atoms with van der Waals surface area (Å²) >= 11 is 0. The first-order valence-corrected chi connectivity index (χ1v) is 6.60. The average Bonchev–Trinajstić information content (AvgIpc) is 3.11. The minimum absolute atomic E-state index is 0.0486. The quantitative estimate of drug-likeness (QED) is 0.597. The van der Waals surface area contributed by atoms with E-state index in [4.69, 9.17) is 19.4 Å². The van der Waals surface area contributed by atoms with Crippen molar-refractivity contribution >= 4 is 18.5 Å². The number of carbonyl (C=O) groups excluding carboxylic acids is 3. The Labute approximate surface area is 128 Å². The predicted octanol–water partition coefficient (Wildman–Crippen LogP) is 1.84. The van der Waals surface area contributed by atoms with Gasteiger partial charge in [0.25, 0.3) is 0 Å². The van der Waals surface area contributed by atoms with Gasteiger partial charge in [0.2, 0.25) is 0 Å². The van der Waals surface area contributed by atoms with Crippen LogP contribution in [0.15, 0.2) is 0 Å². The van der Waals surface area contributed by atoms with Gasteiger partial charge in [-0.25, -0.2) is 9.59 Å². The lowest BCUT2D eigenvalue weighted by molar-refractivity contribution is -0.191. The molecular formula is C13H22O9. The summed E-state index contributed by atoms with van der Waals surface area (Å²) in [7, 11) is 0. The van der Waals surface area contributed by atoms with E-state index in [-0.39, 0.29) is 18.4 Å². The second-order valence-electron chi connectivity index (χ2n) is 4.32. The van der Waals surface area contributed by atoms with Crippen molar-refractivity contribution in [2.75, 3.05) is 13.2 Å². The van der Waals surface area contributed by atoms with Gasteiger partial charge < -0.3 is 24.1 Å². The highest BCUT2D eigenvalue weighted by molar-refractivity contribution is 5.61. The Morgan fingerprint density at radius 3 is 1.91 bits per heavy atom. The predicted molar refractivity (Wildman–Crippen MR) is 71.2 cm³/mol. The molecule has 2 aliphatic rings. The van der Waals surface area contributed by atoms with E-state index < -0.39 is 12.3 Å². The zero-order chi connectivity index (χ0) is 17.5. The summed E-state index contributed by atoms with van der Waals surface area (Å²) in [5.41, 5.74) is 0. The molecule has 1 N–H and O–H groups in total. The van der Waals surface area contributed by atoms with Crippen LogP contribution in [0.4, 0.5) is 9.59 Å². The van der Waals surface area contributed by atoms with Gasteiger partial charge in [0.05, 0.1) is 12.7 Å². The molecule has 2 aliphatic heterocycles. The Kier molecular flexibility index (Phi) is 13.9. The van der Waals surface area contributed by atoms with Gasteiger partial charge in [-0.05, 0) is 27.2 Å². The minimum atomic E-state index is -1.20. The number of carboxylic acid groups (broad SMARTS) is 1. The normalized spacial score (nSPS) is 21.5. The van der Waals surface area contributed by atoms with Crippen LogP contribution < -0.4 is 0 Å². The van der Waals surface area contributed by atoms with Crippen LogP contribution in [0, 0.1) is 0 Å². The lowest BCUT2D eigenvalue weighted by Gasteiger charge is -2.04. The lowest BCUT2D eigenvalue weighted by atomic mass is 10.3. The molecule has 128 valence electrons. The molecule has 22 heavy (non-hydrogen) atoms. The maximum Gasteiger partial charge on any atom is 0.508 e. The molecule has 0 saturated carbocycles. The number of rotatable bonds is 2. The molecule has 0 radical (unpaired) electrons. The van der Waals surface area contributed by atoms with Crippen molar-refractivity contribution in [3.8, 4) is 0 Å². The first-order chi connectivity index (χ1) is 10.3. The first kappa shape index (κ1) is 22.2. The van der Waals surface area contributed by atoms with E-state index >= 15 is 0 Å². The average molecular weight is 322 g/mol. The van der Waals surface area contributed by atoms with Crippen LogP contribution in [0.2, 0.25) is 0 Å². The highest BCUT2D eigenvalue weighted by Gasteiger charge is 2.19. The van der Waals surface area contributed by atoms with Gasteiger partial charge in [0.1, 0.15) is 18.8 Å². The largest absolute Gasteiger partial charge is 0.508 e. The second-order valence-corrected chi connectivity index (χ2v) is 4.32. The van der Waals surface area contributed by atoms with E-state index in [1.54, 1.807) is 13.8 Å². The maximum atomic E-state index is 10.0. The highest BCUT2D eigenvalue weighted by Crippen LogP contribution is 2.04. The molecule has 9 heteroatoms. The third kappa shape index (κ3) is 20.2. The number of epoxide rings is 1. The molecule has 0 bridgehead atoms. The Balaban J connectivity index is 0. The second kappa shape index (κ2) is 13.8. The number of hydrogen-bond acceptors (Lipinski definition) is 8. The molecule has 2 saturated heterocycles. The van der Waals surface area contributed by atoms with E-state index in [2.05, 4.69) is 21.1 Å². The van der Waals surface area contributed by atoms with Crippen molar-refractivity contribution in [3.63, 3.8) is 0 Å². The van der Waals surface area contributed by atoms with Crippen molar-refractivity contribution < 1.29 is 43.2 Å². The fourth-order valence-corrected chi connectivity index (χ4v) is 0.769. The molecule has 3 atom stereocenters. The zero-order valence-corrected chi connectivity index (χ0v) is 13.1. The van der Waals surface area contributed by atoms with Crippen molar-refractivity contribution in [1.29, 1.82) is 0 Å². The molecule has 9 nitrogen and oxygen atoms in total. The van der Waals surface area contributed by atoms with E-state index in [1.807, 2.05) is 6.92 Å². The molecule has 2 fully saturated rings. The summed E-state index contributed by atoms with van der Waals surface area (Å²) < 4.78 is 17.9. The number of cyclic esters (lactones) is 2. The van der Waals surface area contributed by atoms with E-state index in [1.165, 1.54) is 0 Å². The number of hydrogen-bond donors (Lipinski definition) is 1. The summed E-state index contributed by atoms with van der Waals surface area (Å²) in [5, 5.41) is 7.99. The van der Waals surface area contributed by atoms with Crippen LogP contribution in [-0.2, 0) is 28.5 Å². The van der Waals surface area contributed by atoms with Gasteiger partial charge in [-0.3, -0.25) is 0 Å². The molecule has 2 heterocycles. The molecule has 0 aromatic rings. The van der Waals surface area contributed by atoms with Crippen molar-refractivity contribution in [2.45, 2.75) is 52.4 Å². The van der Waals surface area contributed by atoms with Crippen LogP contribution in [0.5, 0.6) is 0 Å². The van der Waals surface area contributed by atoms with E-state index in [9.17, 15) is 9.59 Å². The standard InChI is InChI=1S/C5H10O3.C4H6O3.C3H6O.CO2/c1-3-4(2)8-5(6)7;1-3-2-6-4(5)7-3;1-3-2-4-3;2-1-3/h4H,3H2,1-2H3,(H,6,7);3H,2H2,1H3;3H,2H2,1H3;. The monoisotopic (exact) mass is 322 g/mol. The van der Waals surface area contributed by atoms with Gasteiger partial charge in [-0.2, -0.15) is 9.59 Å². The third-order valence-corrected chi connectivity index (χ3v) is 2.11. The fraction of sp³-hybridized carbons (Fsp3) is 0.769. The topological polar surface area (TPSA) is 129 Å². The molecule has 0 aromatic carbocycles. The summed E-state index contributed by atoms with van der Waals surface area (Å²) in [6.45, 7) is 8.81. The molecular weight excluding hydrogens is 300 g/mol. The summed E-state index contributed by atoms with van der Waals surface area (Å²) in [5.74, 6) is 0. The van der Waals surface area contributed by atoms with Crippen LogP contribution >= 0.6 is 0 Å². The summed E-state index contributed by atoms with van der Waals surface area (Å²) in [6.07, 6.45) is -0.404. The smallest absolute Gasteiger partial charge is 0.450 e. The van der Waals surface area contributed by atoms with E-state index in [0.29, 0.717) is 12.7 Å². The number of carbonyl (C=O) groups is 2. The highest BCUT2D eigenvalue weighted by atomic mass is 16.8. The van der Waals surface area contributed by atoms with Crippen molar-refractivity contribution in [2.24, 2.45) is 0 Å². The van der Waals surface area contributed by atoms with Gasteiger partial charge in [0, 0.05) is 0 Å². The van der Waals surface area contributed by atoms with Crippen LogP contribution in [0.1, 0.15) is 34.1 Å². The van der Waals surface area contributed by atoms with Gasteiger partial charge >= 0.3 is 18.5 Å². The van der Waals surface area contributed by atoms with Crippen molar-refractivity contribution in [1.82, 2.24) is 0 Å². The van der Waals surface area contributed by atoms with Crippen LogP contribution in [-0.4, -0.2) is 55.1 Å². The molecule has 2 rings (SSSR count). The molecule has 0 amide bonds.